The molecule has 0 aromatic heterocycles. The molecule has 0 spiro atoms. The highest BCUT2D eigenvalue weighted by molar-refractivity contribution is 5.95. The molecule has 1 unspecified atom stereocenters. The Morgan fingerprint density at radius 3 is 2.19 bits per heavy atom. The molecule has 5 aromatic rings. The number of rotatable bonds is 3. The maximum Gasteiger partial charge on any atom is 0.0463 e. The molecule has 0 saturated heterocycles. The van der Waals surface area contributed by atoms with Gasteiger partial charge in [0.15, 0.2) is 0 Å². The Morgan fingerprint density at radius 1 is 0.581 bits per heavy atom. The van der Waals surface area contributed by atoms with E-state index in [1.807, 2.05) is 0 Å². The van der Waals surface area contributed by atoms with Crippen LogP contribution in [0.25, 0.3) is 21.9 Å². The zero-order valence-electron chi connectivity index (χ0n) is 17.5. The zero-order chi connectivity index (χ0) is 20.8. The van der Waals surface area contributed by atoms with E-state index in [1.165, 1.54) is 38.6 Å². The number of hydrogen-bond acceptors (Lipinski definition) is 1. The lowest BCUT2D eigenvalue weighted by Crippen LogP contribution is -2.22. The van der Waals surface area contributed by atoms with E-state index in [1.54, 1.807) is 0 Å². The fourth-order valence-corrected chi connectivity index (χ4v) is 5.14. The fraction of sp³-hybridized carbons (Fsp3) is 0.0667. The Labute approximate surface area is 183 Å². The van der Waals surface area contributed by atoms with Gasteiger partial charge in [0.25, 0.3) is 0 Å². The van der Waals surface area contributed by atoms with Crippen molar-refractivity contribution in [2.75, 3.05) is 5.32 Å². The van der Waals surface area contributed by atoms with Gasteiger partial charge in [0.1, 0.15) is 0 Å². The van der Waals surface area contributed by atoms with Crippen LogP contribution in [-0.4, -0.2) is 0 Å². The maximum atomic E-state index is 3.69. The van der Waals surface area contributed by atoms with Gasteiger partial charge in [-0.1, -0.05) is 97.1 Å². The number of hydrogen-bond donors (Lipinski definition) is 1. The van der Waals surface area contributed by atoms with Crippen molar-refractivity contribution in [2.24, 2.45) is 0 Å². The van der Waals surface area contributed by atoms with Crippen molar-refractivity contribution in [3.63, 3.8) is 0 Å². The second-order valence-corrected chi connectivity index (χ2v) is 8.45. The van der Waals surface area contributed by atoms with Crippen LogP contribution < -0.4 is 5.32 Å². The van der Waals surface area contributed by atoms with E-state index in [0.29, 0.717) is 0 Å². The number of nitrogens with one attached hydrogen (secondary N) is 1. The standard InChI is InChI=1S/C30H23N/c1-30(22-12-3-2-4-13-22)27-16-8-7-15-25(27)26-19-18-23(20-28(26)30)31-29-17-9-11-21-10-5-6-14-24(21)29/h2-20,31H,1H3. The summed E-state index contributed by atoms with van der Waals surface area (Å²) in [5.41, 5.74) is 8.78. The van der Waals surface area contributed by atoms with Crippen molar-refractivity contribution in [2.45, 2.75) is 12.3 Å². The minimum atomic E-state index is -0.177. The highest BCUT2D eigenvalue weighted by atomic mass is 14.9. The fourth-order valence-electron chi connectivity index (χ4n) is 5.14. The maximum absolute atomic E-state index is 3.69. The molecule has 0 heterocycles. The molecule has 1 nitrogen and oxygen atoms in total. The topological polar surface area (TPSA) is 12.0 Å². The van der Waals surface area contributed by atoms with Gasteiger partial charge in [0, 0.05) is 22.2 Å². The van der Waals surface area contributed by atoms with E-state index in [9.17, 15) is 0 Å². The molecule has 6 rings (SSSR count). The molecule has 31 heavy (non-hydrogen) atoms. The molecule has 0 radical (unpaired) electrons. The van der Waals surface area contributed by atoms with Crippen LogP contribution in [0.4, 0.5) is 11.4 Å². The van der Waals surface area contributed by atoms with Crippen LogP contribution in [0, 0.1) is 0 Å². The summed E-state index contributed by atoms with van der Waals surface area (Å²) < 4.78 is 0. The highest BCUT2D eigenvalue weighted by Gasteiger charge is 2.40. The predicted octanol–water partition coefficient (Wildman–Crippen LogP) is 7.92. The van der Waals surface area contributed by atoms with Gasteiger partial charge in [-0.15, -0.1) is 0 Å². The van der Waals surface area contributed by atoms with Crippen molar-refractivity contribution < 1.29 is 0 Å². The first-order valence-corrected chi connectivity index (χ1v) is 10.8. The van der Waals surface area contributed by atoms with Gasteiger partial charge in [-0.25, -0.2) is 0 Å². The van der Waals surface area contributed by atoms with Crippen molar-refractivity contribution in [3.05, 3.63) is 132 Å². The first-order chi connectivity index (χ1) is 15.2. The molecule has 148 valence electrons. The quantitative estimate of drug-likeness (QED) is 0.326. The van der Waals surface area contributed by atoms with Gasteiger partial charge in [-0.05, 0) is 58.3 Å². The van der Waals surface area contributed by atoms with Crippen molar-refractivity contribution >= 4 is 22.1 Å². The molecule has 0 bridgehead atoms. The smallest absolute Gasteiger partial charge is 0.0463 e. The molecule has 1 aliphatic carbocycles. The van der Waals surface area contributed by atoms with Crippen LogP contribution in [0.3, 0.4) is 0 Å². The van der Waals surface area contributed by atoms with Crippen molar-refractivity contribution in [1.29, 1.82) is 0 Å². The summed E-state index contributed by atoms with van der Waals surface area (Å²) >= 11 is 0. The largest absolute Gasteiger partial charge is 0.355 e. The van der Waals surface area contributed by atoms with Gasteiger partial charge in [-0.3, -0.25) is 0 Å². The van der Waals surface area contributed by atoms with Gasteiger partial charge in [0.05, 0.1) is 0 Å². The molecule has 0 fully saturated rings. The van der Waals surface area contributed by atoms with E-state index in [-0.39, 0.29) is 5.41 Å². The monoisotopic (exact) mass is 397 g/mol. The van der Waals surface area contributed by atoms with Crippen molar-refractivity contribution in [1.82, 2.24) is 0 Å². The first-order valence-electron chi connectivity index (χ1n) is 10.8. The Morgan fingerprint density at radius 2 is 1.29 bits per heavy atom. The Bertz CT molecular complexity index is 1410. The number of fused-ring (bicyclic) bond motifs is 4. The molecule has 0 saturated carbocycles. The minimum absolute atomic E-state index is 0.177. The van der Waals surface area contributed by atoms with E-state index >= 15 is 0 Å². The van der Waals surface area contributed by atoms with Crippen molar-refractivity contribution in [3.8, 4) is 11.1 Å². The number of benzene rings is 5. The second kappa shape index (κ2) is 6.85. The zero-order valence-corrected chi connectivity index (χ0v) is 17.5. The predicted molar refractivity (Wildman–Crippen MR) is 131 cm³/mol. The van der Waals surface area contributed by atoms with E-state index < -0.39 is 0 Å². The van der Waals surface area contributed by atoms with Gasteiger partial charge < -0.3 is 5.32 Å². The lowest BCUT2D eigenvalue weighted by Gasteiger charge is -2.28. The van der Waals surface area contributed by atoms with Crippen LogP contribution in [0.15, 0.2) is 115 Å². The van der Waals surface area contributed by atoms with Crippen LogP contribution in [0.2, 0.25) is 0 Å². The van der Waals surface area contributed by atoms with E-state index in [4.69, 9.17) is 0 Å². The average Bonchev–Trinajstić information content (AvgIpc) is 3.09. The average molecular weight is 398 g/mol. The normalized spacial score (nSPS) is 16.7. The minimum Gasteiger partial charge on any atom is -0.355 e. The molecule has 1 N–H and O–H groups in total. The summed E-state index contributed by atoms with van der Waals surface area (Å²) in [5, 5.41) is 6.17. The molecule has 0 amide bonds. The van der Waals surface area contributed by atoms with E-state index in [0.717, 1.165) is 11.4 Å². The molecule has 1 aliphatic rings. The first kappa shape index (κ1) is 18.0. The number of anilines is 2. The van der Waals surface area contributed by atoms with Crippen LogP contribution in [-0.2, 0) is 5.41 Å². The van der Waals surface area contributed by atoms with Gasteiger partial charge in [-0.2, -0.15) is 0 Å². The Kier molecular flexibility index (Phi) is 3.97. The molecule has 1 atom stereocenters. The lowest BCUT2D eigenvalue weighted by atomic mass is 9.74. The summed E-state index contributed by atoms with van der Waals surface area (Å²) in [6.07, 6.45) is 0. The van der Waals surface area contributed by atoms with Crippen LogP contribution in [0.5, 0.6) is 0 Å². The molecular formula is C30H23N. The summed E-state index contributed by atoms with van der Waals surface area (Å²) in [6.45, 7) is 2.36. The summed E-state index contributed by atoms with van der Waals surface area (Å²) in [4.78, 5) is 0. The SMILES string of the molecule is CC1(c2ccccc2)c2ccccc2-c2ccc(Nc3cccc4ccccc34)cc21. The Hall–Kier alpha value is -3.84. The molecule has 1 heteroatoms. The van der Waals surface area contributed by atoms with Gasteiger partial charge in [0.2, 0.25) is 0 Å². The summed E-state index contributed by atoms with van der Waals surface area (Å²) in [5.74, 6) is 0. The molecule has 0 aliphatic heterocycles. The summed E-state index contributed by atoms with van der Waals surface area (Å²) in [7, 11) is 0. The second-order valence-electron chi connectivity index (χ2n) is 8.45. The summed E-state index contributed by atoms with van der Waals surface area (Å²) in [6, 6.07) is 41.4. The molecule has 5 aromatic carbocycles. The highest BCUT2D eigenvalue weighted by Crippen LogP contribution is 2.52. The third kappa shape index (κ3) is 2.70. The van der Waals surface area contributed by atoms with E-state index in [2.05, 4.69) is 128 Å². The molecular weight excluding hydrogens is 374 g/mol. The third-order valence-electron chi connectivity index (χ3n) is 6.73. The third-order valence-corrected chi connectivity index (χ3v) is 6.73. The van der Waals surface area contributed by atoms with Crippen LogP contribution >= 0.6 is 0 Å². The van der Waals surface area contributed by atoms with Crippen LogP contribution in [0.1, 0.15) is 23.6 Å². The lowest BCUT2D eigenvalue weighted by molar-refractivity contribution is 0.714. The van der Waals surface area contributed by atoms with Gasteiger partial charge >= 0.3 is 0 Å². The Balaban J connectivity index is 1.51.